The number of aliphatic hydroxyl groups excluding tert-OH is 1. The van der Waals surface area contributed by atoms with Gasteiger partial charge in [-0.05, 0) is 44.2 Å². The molecule has 0 aromatic heterocycles. The first kappa shape index (κ1) is 40.0. The number of ether oxygens (including phenoxy) is 1. The fourth-order valence-electron chi connectivity index (χ4n) is 5.60. The smallest absolute Gasteiger partial charge is 0.338 e. The number of piperazine rings is 1. The zero-order chi connectivity index (χ0) is 34.3. The van der Waals surface area contributed by atoms with Crippen LogP contribution in [0.15, 0.2) is 42.5 Å². The highest BCUT2D eigenvalue weighted by atomic mass is 16.5. The summed E-state index contributed by atoms with van der Waals surface area (Å²) in [6.45, 7) is 7.48. The van der Waals surface area contributed by atoms with Crippen molar-refractivity contribution in [3.8, 4) is 0 Å². The molecule has 2 N–H and O–H groups in total. The van der Waals surface area contributed by atoms with Gasteiger partial charge in [0.1, 0.15) is 6.10 Å². The number of unbranched alkanes of at least 4 members (excludes halogenated alkanes) is 11. The molecule has 9 nitrogen and oxygen atoms in total. The second kappa shape index (κ2) is 23.2. The van der Waals surface area contributed by atoms with Crippen LogP contribution in [0, 0.1) is 5.41 Å². The maximum Gasteiger partial charge on any atom is 0.338 e. The van der Waals surface area contributed by atoms with Crippen LogP contribution in [0.25, 0.3) is 0 Å². The van der Waals surface area contributed by atoms with Gasteiger partial charge in [-0.3, -0.25) is 14.4 Å². The van der Waals surface area contributed by atoms with Crippen molar-refractivity contribution in [2.75, 3.05) is 39.3 Å². The van der Waals surface area contributed by atoms with Crippen molar-refractivity contribution in [1.82, 2.24) is 15.1 Å². The van der Waals surface area contributed by atoms with Crippen molar-refractivity contribution in [1.29, 1.82) is 0 Å². The third-order valence-electron chi connectivity index (χ3n) is 8.85. The highest BCUT2D eigenvalue weighted by Gasteiger charge is 2.35. The fraction of sp³-hybridized carbons (Fsp3) is 0.684. The summed E-state index contributed by atoms with van der Waals surface area (Å²) in [5.74, 6) is -1.08. The zero-order valence-electron chi connectivity index (χ0n) is 29.4. The zero-order valence-corrected chi connectivity index (χ0v) is 29.4. The van der Waals surface area contributed by atoms with Gasteiger partial charge in [0, 0.05) is 51.0 Å². The van der Waals surface area contributed by atoms with Crippen molar-refractivity contribution in [3.05, 3.63) is 48.0 Å². The van der Waals surface area contributed by atoms with E-state index in [9.17, 15) is 24.3 Å². The lowest BCUT2D eigenvalue weighted by molar-refractivity contribution is -0.140. The Morgan fingerprint density at radius 1 is 0.787 bits per heavy atom. The summed E-state index contributed by atoms with van der Waals surface area (Å²) in [5, 5.41) is 13.2. The Kier molecular flexibility index (Phi) is 19.7. The number of carbonyl (C=O) groups excluding carboxylic acids is 4. The summed E-state index contributed by atoms with van der Waals surface area (Å²) in [6.07, 6.45) is 19.9. The standard InChI is InChI=1S/C38H61N3O6/c1-4-5-6-7-8-9-10-11-12-13-14-15-16-17-21-24-33(42)40-27-29-41(30-28-40)34(43)25-26-39-36(45)35(44)38(2,3)31-47-37(46)32-22-19-18-20-23-32/h11-12,18-20,22-23,35,44H,4-10,13-17,21,24-31H2,1-3H3,(H,39,45). The molecule has 0 spiro atoms. The molecule has 264 valence electrons. The summed E-state index contributed by atoms with van der Waals surface area (Å²) < 4.78 is 5.31. The van der Waals surface area contributed by atoms with Crippen LogP contribution < -0.4 is 5.32 Å². The number of amides is 3. The summed E-state index contributed by atoms with van der Waals surface area (Å²) in [6, 6.07) is 8.51. The van der Waals surface area contributed by atoms with E-state index in [1.807, 2.05) is 4.90 Å². The van der Waals surface area contributed by atoms with Gasteiger partial charge in [-0.2, -0.15) is 0 Å². The number of hydrogen-bond acceptors (Lipinski definition) is 6. The van der Waals surface area contributed by atoms with E-state index in [0.29, 0.717) is 38.2 Å². The summed E-state index contributed by atoms with van der Waals surface area (Å²) in [4.78, 5) is 53.7. The Hall–Kier alpha value is -3.20. The predicted molar refractivity (Wildman–Crippen MR) is 187 cm³/mol. The van der Waals surface area contributed by atoms with Crippen LogP contribution in [-0.2, 0) is 19.1 Å². The molecule has 0 bridgehead atoms. The van der Waals surface area contributed by atoms with Gasteiger partial charge in [-0.25, -0.2) is 4.79 Å². The summed E-state index contributed by atoms with van der Waals surface area (Å²) in [5.41, 5.74) is -0.629. The highest BCUT2D eigenvalue weighted by molar-refractivity contribution is 5.89. The number of rotatable bonds is 23. The molecule has 47 heavy (non-hydrogen) atoms. The van der Waals surface area contributed by atoms with Gasteiger partial charge in [0.25, 0.3) is 0 Å². The number of nitrogens with one attached hydrogen (secondary N) is 1. The quantitative estimate of drug-likeness (QED) is 0.0796. The molecule has 0 saturated carbocycles. The second-order valence-corrected chi connectivity index (χ2v) is 13.5. The number of esters is 1. The Morgan fingerprint density at radius 2 is 1.30 bits per heavy atom. The number of benzene rings is 1. The molecule has 1 aromatic rings. The molecular formula is C38H61N3O6. The SMILES string of the molecule is CCCCCCCCC=CCCCCCCCC(=O)N1CCN(C(=O)CCNC(=O)C(O)C(C)(C)COC(=O)c2ccccc2)CC1. The Labute approximate surface area is 283 Å². The molecule has 1 aliphatic rings. The van der Waals surface area contributed by atoms with Gasteiger partial charge in [-0.1, -0.05) is 102 Å². The predicted octanol–water partition coefficient (Wildman–Crippen LogP) is 6.45. The lowest BCUT2D eigenvalue weighted by Gasteiger charge is -2.35. The van der Waals surface area contributed by atoms with Gasteiger partial charge < -0.3 is 25.0 Å². The van der Waals surface area contributed by atoms with Crippen molar-refractivity contribution >= 4 is 23.7 Å². The van der Waals surface area contributed by atoms with Crippen LogP contribution in [0.2, 0.25) is 0 Å². The van der Waals surface area contributed by atoms with Gasteiger partial charge in [0.15, 0.2) is 0 Å². The van der Waals surface area contributed by atoms with E-state index in [2.05, 4.69) is 24.4 Å². The van der Waals surface area contributed by atoms with Gasteiger partial charge in [0.2, 0.25) is 17.7 Å². The van der Waals surface area contributed by atoms with Crippen LogP contribution in [0.4, 0.5) is 0 Å². The van der Waals surface area contributed by atoms with Gasteiger partial charge >= 0.3 is 5.97 Å². The normalized spacial score (nSPS) is 14.3. The molecule has 1 atom stereocenters. The van der Waals surface area contributed by atoms with Crippen LogP contribution in [-0.4, -0.2) is 84.0 Å². The maximum absolute atomic E-state index is 12.7. The average molecular weight is 656 g/mol. The lowest BCUT2D eigenvalue weighted by Crippen LogP contribution is -2.51. The number of nitrogens with zero attached hydrogens (tertiary/aromatic N) is 2. The summed E-state index contributed by atoms with van der Waals surface area (Å²) in [7, 11) is 0. The lowest BCUT2D eigenvalue weighted by atomic mass is 9.87. The van der Waals surface area contributed by atoms with Crippen LogP contribution >= 0.6 is 0 Å². The van der Waals surface area contributed by atoms with E-state index in [0.717, 1.165) is 25.7 Å². The monoisotopic (exact) mass is 655 g/mol. The molecule has 9 heteroatoms. The number of allylic oxidation sites excluding steroid dienone is 2. The van der Waals surface area contributed by atoms with E-state index in [-0.39, 0.29) is 31.4 Å². The van der Waals surface area contributed by atoms with Gasteiger partial charge in [-0.15, -0.1) is 0 Å². The van der Waals surface area contributed by atoms with Crippen molar-refractivity contribution in [2.45, 2.75) is 123 Å². The number of carbonyl (C=O) groups is 4. The molecular weight excluding hydrogens is 594 g/mol. The minimum Gasteiger partial charge on any atom is -0.461 e. The minimum atomic E-state index is -1.42. The molecule has 1 saturated heterocycles. The van der Waals surface area contributed by atoms with E-state index in [1.54, 1.807) is 49.1 Å². The third kappa shape index (κ3) is 16.5. The van der Waals surface area contributed by atoms with E-state index in [4.69, 9.17) is 4.74 Å². The van der Waals surface area contributed by atoms with Crippen LogP contribution in [0.1, 0.15) is 127 Å². The first-order valence-electron chi connectivity index (χ1n) is 18.0. The molecule has 1 heterocycles. The molecule has 1 unspecified atom stereocenters. The molecule has 1 aromatic carbocycles. The van der Waals surface area contributed by atoms with Crippen LogP contribution in [0.5, 0.6) is 0 Å². The van der Waals surface area contributed by atoms with Gasteiger partial charge in [0.05, 0.1) is 12.2 Å². The Morgan fingerprint density at radius 3 is 1.87 bits per heavy atom. The van der Waals surface area contributed by atoms with Crippen molar-refractivity contribution in [2.24, 2.45) is 5.41 Å². The Bertz CT molecular complexity index is 1080. The van der Waals surface area contributed by atoms with E-state index in [1.165, 1.54) is 57.8 Å². The third-order valence-corrected chi connectivity index (χ3v) is 8.85. The van der Waals surface area contributed by atoms with Crippen molar-refractivity contribution < 1.29 is 29.0 Å². The second-order valence-electron chi connectivity index (χ2n) is 13.5. The minimum absolute atomic E-state index is 0.0865. The molecule has 1 aliphatic heterocycles. The van der Waals surface area contributed by atoms with E-state index >= 15 is 0 Å². The number of aliphatic hydroxyl groups is 1. The average Bonchev–Trinajstić information content (AvgIpc) is 3.08. The molecule has 0 radical (unpaired) electrons. The summed E-state index contributed by atoms with van der Waals surface area (Å²) >= 11 is 0. The van der Waals surface area contributed by atoms with E-state index < -0.39 is 23.4 Å². The first-order valence-corrected chi connectivity index (χ1v) is 18.0. The van der Waals surface area contributed by atoms with Crippen LogP contribution in [0.3, 0.4) is 0 Å². The van der Waals surface area contributed by atoms with Crippen molar-refractivity contribution in [3.63, 3.8) is 0 Å². The highest BCUT2D eigenvalue weighted by Crippen LogP contribution is 2.22. The molecule has 2 rings (SSSR count). The maximum atomic E-state index is 12.7. The topological polar surface area (TPSA) is 116 Å². The molecule has 0 aliphatic carbocycles. The largest absolute Gasteiger partial charge is 0.461 e. The fourth-order valence-corrected chi connectivity index (χ4v) is 5.60. The number of hydrogen-bond donors (Lipinski definition) is 2. The molecule has 1 fully saturated rings. The first-order chi connectivity index (χ1) is 22.7. The molecule has 3 amide bonds. The Balaban J connectivity index is 1.51.